The van der Waals surface area contributed by atoms with Crippen LogP contribution in [0.25, 0.3) is 0 Å². The van der Waals surface area contributed by atoms with E-state index < -0.39 is 0 Å². The van der Waals surface area contributed by atoms with Gasteiger partial charge in [0.2, 0.25) is 0 Å². The molecule has 0 spiro atoms. The summed E-state index contributed by atoms with van der Waals surface area (Å²) in [6, 6.07) is 5.72. The van der Waals surface area contributed by atoms with Crippen molar-refractivity contribution in [1.82, 2.24) is 10.3 Å². The second-order valence-electron chi connectivity index (χ2n) is 2.32. The topological polar surface area (TPSA) is 50.9 Å². The number of thiocarbonyl (C=S) groups is 1. The second kappa shape index (κ2) is 8.93. The van der Waals surface area contributed by atoms with E-state index in [2.05, 4.69) is 29.4 Å². The molecule has 0 radical (unpaired) electrons. The van der Waals surface area contributed by atoms with Gasteiger partial charge in [0.25, 0.3) is 0 Å². The number of rotatable bonds is 2. The van der Waals surface area contributed by atoms with Crippen LogP contribution in [0.4, 0.5) is 0 Å². The molecule has 0 bridgehead atoms. The van der Waals surface area contributed by atoms with Crippen LogP contribution in [0, 0.1) is 0 Å². The largest absolute Gasteiger partial charge is 0.376 e. The quantitative estimate of drug-likeness (QED) is 0.702. The Bertz CT molecular complexity index is 187. The standard InChI is InChI=1S/C5H5N.C4H10N2S/c1-2-4-6-5-3-1;1-2-3-6-4(5)7/h1-5H;2-3H2,1H3,(H3,5,6,7). The Balaban J connectivity index is 0.000000223. The molecule has 3 N–H and O–H groups in total. The zero-order valence-corrected chi connectivity index (χ0v) is 8.55. The maximum Gasteiger partial charge on any atom is 0.163 e. The van der Waals surface area contributed by atoms with Crippen LogP contribution in [0.3, 0.4) is 0 Å². The predicted octanol–water partition coefficient (Wildman–Crippen LogP) is 1.31. The van der Waals surface area contributed by atoms with E-state index in [1.807, 2.05) is 18.2 Å². The summed E-state index contributed by atoms with van der Waals surface area (Å²) in [5.74, 6) is 0. The molecular formula is C9H15N3S. The first kappa shape index (κ1) is 11.8. The first-order chi connectivity index (χ1) is 6.27. The lowest BCUT2D eigenvalue weighted by Gasteiger charge is -1.96. The molecule has 1 aromatic rings. The number of nitrogens with two attached hydrogens (primary N) is 1. The Kier molecular flexibility index (Phi) is 8.14. The van der Waals surface area contributed by atoms with Crippen molar-refractivity contribution in [3.8, 4) is 0 Å². The zero-order valence-electron chi connectivity index (χ0n) is 7.73. The molecule has 0 saturated carbocycles. The lowest BCUT2D eigenvalue weighted by atomic mass is 10.5. The van der Waals surface area contributed by atoms with E-state index in [4.69, 9.17) is 5.73 Å². The van der Waals surface area contributed by atoms with E-state index >= 15 is 0 Å². The van der Waals surface area contributed by atoms with Gasteiger partial charge in [-0.3, -0.25) is 4.98 Å². The van der Waals surface area contributed by atoms with Gasteiger partial charge in [-0.15, -0.1) is 0 Å². The van der Waals surface area contributed by atoms with Gasteiger partial charge in [-0.25, -0.2) is 0 Å². The third kappa shape index (κ3) is 10.8. The van der Waals surface area contributed by atoms with Crippen molar-refractivity contribution >= 4 is 17.3 Å². The minimum absolute atomic E-state index is 0.391. The van der Waals surface area contributed by atoms with Crippen molar-refractivity contribution < 1.29 is 0 Å². The van der Waals surface area contributed by atoms with Crippen molar-refractivity contribution in [2.45, 2.75) is 13.3 Å². The number of hydrogen-bond acceptors (Lipinski definition) is 2. The molecule has 13 heavy (non-hydrogen) atoms. The third-order valence-electron chi connectivity index (χ3n) is 1.12. The predicted molar refractivity (Wildman–Crippen MR) is 59.3 cm³/mol. The maximum absolute atomic E-state index is 5.10. The first-order valence-corrected chi connectivity index (χ1v) is 4.56. The van der Waals surface area contributed by atoms with Crippen molar-refractivity contribution in [2.75, 3.05) is 6.54 Å². The van der Waals surface area contributed by atoms with E-state index in [1.54, 1.807) is 12.4 Å². The van der Waals surface area contributed by atoms with E-state index in [9.17, 15) is 0 Å². The summed E-state index contributed by atoms with van der Waals surface area (Å²) in [7, 11) is 0. The van der Waals surface area contributed by atoms with Crippen LogP contribution < -0.4 is 11.1 Å². The van der Waals surface area contributed by atoms with Crippen LogP contribution in [-0.2, 0) is 0 Å². The van der Waals surface area contributed by atoms with Gasteiger partial charge in [-0.1, -0.05) is 13.0 Å². The molecule has 0 atom stereocenters. The minimum Gasteiger partial charge on any atom is -0.376 e. The molecule has 1 aromatic heterocycles. The molecule has 0 aromatic carbocycles. The van der Waals surface area contributed by atoms with E-state index in [-0.39, 0.29) is 0 Å². The lowest BCUT2D eigenvalue weighted by Crippen LogP contribution is -2.29. The van der Waals surface area contributed by atoms with Crippen LogP contribution in [-0.4, -0.2) is 16.6 Å². The molecule has 72 valence electrons. The molecule has 0 saturated heterocycles. The highest BCUT2D eigenvalue weighted by Crippen LogP contribution is 1.73. The number of pyridine rings is 1. The van der Waals surface area contributed by atoms with Gasteiger partial charge >= 0.3 is 0 Å². The second-order valence-corrected chi connectivity index (χ2v) is 2.76. The smallest absolute Gasteiger partial charge is 0.163 e. The Morgan fingerprint density at radius 1 is 1.38 bits per heavy atom. The van der Waals surface area contributed by atoms with Crippen molar-refractivity contribution in [1.29, 1.82) is 0 Å². The third-order valence-corrected chi connectivity index (χ3v) is 1.26. The first-order valence-electron chi connectivity index (χ1n) is 4.15. The highest BCUT2D eigenvalue weighted by atomic mass is 32.1. The molecule has 0 aliphatic heterocycles. The van der Waals surface area contributed by atoms with E-state index in [0.29, 0.717) is 5.11 Å². The van der Waals surface area contributed by atoms with Crippen LogP contribution in [0.5, 0.6) is 0 Å². The molecule has 0 unspecified atom stereocenters. The van der Waals surface area contributed by atoms with E-state index in [0.717, 1.165) is 13.0 Å². The molecule has 1 rings (SSSR count). The van der Waals surface area contributed by atoms with E-state index in [1.165, 1.54) is 0 Å². The number of aromatic nitrogens is 1. The van der Waals surface area contributed by atoms with Crippen LogP contribution in [0.2, 0.25) is 0 Å². The summed E-state index contributed by atoms with van der Waals surface area (Å²) in [6.07, 6.45) is 4.57. The number of nitrogens with one attached hydrogen (secondary N) is 1. The van der Waals surface area contributed by atoms with Gasteiger partial charge < -0.3 is 11.1 Å². The Hall–Kier alpha value is -1.16. The summed E-state index contributed by atoms with van der Waals surface area (Å²) < 4.78 is 0. The zero-order chi connectivity index (χ0) is 9.94. The summed E-state index contributed by atoms with van der Waals surface area (Å²) >= 11 is 4.53. The lowest BCUT2D eigenvalue weighted by molar-refractivity contribution is 0.843. The van der Waals surface area contributed by atoms with Gasteiger partial charge in [-0.05, 0) is 30.8 Å². The van der Waals surface area contributed by atoms with Gasteiger partial charge in [0, 0.05) is 18.9 Å². The average Bonchev–Trinajstić information content (AvgIpc) is 2.18. The molecule has 0 aliphatic carbocycles. The fraction of sp³-hybridized carbons (Fsp3) is 0.333. The minimum atomic E-state index is 0.391. The van der Waals surface area contributed by atoms with Crippen LogP contribution in [0.15, 0.2) is 30.6 Å². The van der Waals surface area contributed by atoms with Gasteiger partial charge in [-0.2, -0.15) is 0 Å². The van der Waals surface area contributed by atoms with Gasteiger partial charge in [0.15, 0.2) is 5.11 Å². The average molecular weight is 197 g/mol. The maximum atomic E-state index is 5.10. The Morgan fingerprint density at radius 3 is 2.15 bits per heavy atom. The number of hydrogen-bond donors (Lipinski definition) is 2. The normalized spacial score (nSPS) is 8.08. The van der Waals surface area contributed by atoms with Crippen LogP contribution >= 0.6 is 12.2 Å². The van der Waals surface area contributed by atoms with Crippen molar-refractivity contribution in [2.24, 2.45) is 5.73 Å². The molecular weight excluding hydrogens is 182 g/mol. The van der Waals surface area contributed by atoms with Crippen molar-refractivity contribution in [3.05, 3.63) is 30.6 Å². The Labute approximate surface area is 84.4 Å². The summed E-state index contributed by atoms with van der Waals surface area (Å²) in [4.78, 5) is 3.78. The summed E-state index contributed by atoms with van der Waals surface area (Å²) in [5.41, 5.74) is 5.10. The molecule has 3 nitrogen and oxygen atoms in total. The summed E-state index contributed by atoms with van der Waals surface area (Å²) in [6.45, 7) is 2.95. The van der Waals surface area contributed by atoms with Crippen LogP contribution in [0.1, 0.15) is 13.3 Å². The van der Waals surface area contributed by atoms with Gasteiger partial charge in [0.1, 0.15) is 0 Å². The highest BCUT2D eigenvalue weighted by Gasteiger charge is 1.79. The SMILES string of the molecule is CCCNC(N)=S.c1ccncc1. The fourth-order valence-corrected chi connectivity index (χ4v) is 0.663. The highest BCUT2D eigenvalue weighted by molar-refractivity contribution is 7.80. The van der Waals surface area contributed by atoms with Crippen molar-refractivity contribution in [3.63, 3.8) is 0 Å². The molecule has 0 amide bonds. The molecule has 0 aliphatic rings. The molecule has 0 fully saturated rings. The van der Waals surface area contributed by atoms with Gasteiger partial charge in [0.05, 0.1) is 0 Å². The molecule has 1 heterocycles. The Morgan fingerprint density at radius 2 is 2.00 bits per heavy atom. The monoisotopic (exact) mass is 197 g/mol. The number of nitrogens with zero attached hydrogens (tertiary/aromatic N) is 1. The fourth-order valence-electron chi connectivity index (χ4n) is 0.561. The molecule has 4 heteroatoms. The summed E-state index contributed by atoms with van der Waals surface area (Å²) in [5, 5.41) is 3.20.